The largest absolute Gasteiger partial charge is 0.465 e. The van der Waals surface area contributed by atoms with Gasteiger partial charge in [0.1, 0.15) is 6.61 Å². The van der Waals surface area contributed by atoms with Gasteiger partial charge in [0.15, 0.2) is 0 Å². The summed E-state index contributed by atoms with van der Waals surface area (Å²) >= 11 is 0. The first kappa shape index (κ1) is 19.2. The Morgan fingerprint density at radius 3 is 1.55 bits per heavy atom. The highest BCUT2D eigenvalue weighted by molar-refractivity contribution is 5.65. The first-order valence-corrected chi connectivity index (χ1v) is 6.18. The van der Waals surface area contributed by atoms with Gasteiger partial charge in [0, 0.05) is 6.92 Å². The second-order valence-electron chi connectivity index (χ2n) is 5.06. The van der Waals surface area contributed by atoms with Crippen molar-refractivity contribution in [2.45, 2.75) is 6.92 Å². The second-order valence-corrected chi connectivity index (χ2v) is 5.06. The quantitative estimate of drug-likeness (QED) is 0.264. The van der Waals surface area contributed by atoms with Gasteiger partial charge in [-0.3, -0.25) is 4.79 Å². The number of carbonyl (C=O) groups is 1. The van der Waals surface area contributed by atoms with E-state index in [1.807, 2.05) is 0 Å². The molecule has 0 radical (unpaired) electrons. The van der Waals surface area contributed by atoms with Gasteiger partial charge in [0.2, 0.25) is 0 Å². The molecule has 0 bridgehead atoms. The maximum atomic E-state index is 10.8. The van der Waals surface area contributed by atoms with Crippen LogP contribution in [0.3, 0.4) is 0 Å². The summed E-state index contributed by atoms with van der Waals surface area (Å²) in [5.74, 6) is -0.549. The molecule has 0 aromatic rings. The third kappa shape index (κ3) is 5.70. The van der Waals surface area contributed by atoms with Crippen LogP contribution in [0.2, 0.25) is 0 Å². The van der Waals surface area contributed by atoms with Crippen molar-refractivity contribution in [3.8, 4) is 0 Å². The van der Waals surface area contributed by atoms with Gasteiger partial charge in [0.05, 0.1) is 57.1 Å². The fraction of sp³-hybridized carbons (Fsp3) is 0.917. The molecule has 0 aromatic carbocycles. The van der Waals surface area contributed by atoms with Crippen molar-refractivity contribution >= 4 is 5.97 Å². The van der Waals surface area contributed by atoms with Crippen LogP contribution < -0.4 is 0 Å². The van der Waals surface area contributed by atoms with Crippen molar-refractivity contribution in [2.24, 2.45) is 10.8 Å². The Hall–Kier alpha value is -0.770. The van der Waals surface area contributed by atoms with Gasteiger partial charge in [-0.15, -0.1) is 0 Å². The number of rotatable bonds is 11. The van der Waals surface area contributed by atoms with Crippen molar-refractivity contribution in [3.63, 3.8) is 0 Å². The molecular formula is C12H24O8. The molecule has 0 heterocycles. The lowest BCUT2D eigenvalue weighted by molar-refractivity contribution is -0.152. The van der Waals surface area contributed by atoms with E-state index < -0.39 is 49.8 Å². The van der Waals surface area contributed by atoms with E-state index in [4.69, 9.17) is 24.8 Å². The Balaban J connectivity index is 4.50. The highest BCUT2D eigenvalue weighted by atomic mass is 16.5. The summed E-state index contributed by atoms with van der Waals surface area (Å²) in [4.78, 5) is 10.8. The van der Waals surface area contributed by atoms with E-state index in [0.717, 1.165) is 0 Å². The lowest BCUT2D eigenvalue weighted by Gasteiger charge is -2.32. The van der Waals surface area contributed by atoms with E-state index in [1.165, 1.54) is 6.92 Å². The highest BCUT2D eigenvalue weighted by Gasteiger charge is 2.34. The maximum absolute atomic E-state index is 10.8. The molecule has 8 heteroatoms. The van der Waals surface area contributed by atoms with Crippen molar-refractivity contribution in [1.82, 2.24) is 0 Å². The molecule has 0 rings (SSSR count). The van der Waals surface area contributed by atoms with Crippen LogP contribution in [0.5, 0.6) is 0 Å². The van der Waals surface area contributed by atoms with Crippen molar-refractivity contribution < 1.29 is 39.8 Å². The Labute approximate surface area is 117 Å². The number of ether oxygens (including phenoxy) is 2. The lowest BCUT2D eigenvalue weighted by atomic mass is 9.90. The summed E-state index contributed by atoms with van der Waals surface area (Å²) in [6.45, 7) is -1.72. The fourth-order valence-electron chi connectivity index (χ4n) is 1.30. The standard InChI is InChI=1S/C12H24O8/c1-10(18)20-9-12(5-16,6-17)8-19-7-11(2-13,3-14)4-15/h13-17H,2-9H2,1H3. The van der Waals surface area contributed by atoms with Crippen molar-refractivity contribution in [1.29, 1.82) is 0 Å². The van der Waals surface area contributed by atoms with Crippen LogP contribution in [0.4, 0.5) is 0 Å². The van der Waals surface area contributed by atoms with Gasteiger partial charge in [0.25, 0.3) is 0 Å². The van der Waals surface area contributed by atoms with Gasteiger partial charge in [-0.1, -0.05) is 0 Å². The second kappa shape index (κ2) is 9.22. The average molecular weight is 296 g/mol. The SMILES string of the molecule is CC(=O)OCC(CO)(CO)COCC(CO)(CO)CO. The Morgan fingerprint density at radius 2 is 1.20 bits per heavy atom. The number of aliphatic hydroxyl groups excluding tert-OH is 5. The highest BCUT2D eigenvalue weighted by Crippen LogP contribution is 2.20. The first-order valence-electron chi connectivity index (χ1n) is 6.18. The monoisotopic (exact) mass is 296 g/mol. The molecule has 0 amide bonds. The van der Waals surface area contributed by atoms with Gasteiger partial charge < -0.3 is 35.0 Å². The van der Waals surface area contributed by atoms with Crippen LogP contribution in [0.25, 0.3) is 0 Å². The summed E-state index contributed by atoms with van der Waals surface area (Å²) in [7, 11) is 0. The Morgan fingerprint density at radius 1 is 0.800 bits per heavy atom. The van der Waals surface area contributed by atoms with E-state index in [2.05, 4.69) is 0 Å². The van der Waals surface area contributed by atoms with Gasteiger partial charge >= 0.3 is 5.97 Å². The molecule has 0 aliphatic carbocycles. The molecule has 120 valence electrons. The van der Waals surface area contributed by atoms with Gasteiger partial charge in [-0.25, -0.2) is 0 Å². The summed E-state index contributed by atoms with van der Waals surface area (Å²) in [6.07, 6.45) is 0. The molecule has 0 aromatic heterocycles. The molecule has 0 aliphatic rings. The van der Waals surface area contributed by atoms with E-state index in [9.17, 15) is 15.0 Å². The summed E-state index contributed by atoms with van der Waals surface area (Å²) in [6, 6.07) is 0. The van der Waals surface area contributed by atoms with Crippen LogP contribution >= 0.6 is 0 Å². The normalized spacial score (nSPS) is 12.5. The van der Waals surface area contributed by atoms with Crippen LogP contribution in [-0.4, -0.2) is 84.4 Å². The van der Waals surface area contributed by atoms with Gasteiger partial charge in [-0.05, 0) is 0 Å². The number of hydrogen-bond acceptors (Lipinski definition) is 8. The van der Waals surface area contributed by atoms with Crippen LogP contribution in [-0.2, 0) is 14.3 Å². The third-order valence-corrected chi connectivity index (χ3v) is 3.08. The summed E-state index contributed by atoms with van der Waals surface area (Å²) in [5.41, 5.74) is -2.37. The number of aliphatic hydroxyl groups is 5. The molecule has 0 saturated heterocycles. The Bertz CT molecular complexity index is 264. The fourth-order valence-corrected chi connectivity index (χ4v) is 1.30. The number of esters is 1. The lowest BCUT2D eigenvalue weighted by Crippen LogP contribution is -2.44. The van der Waals surface area contributed by atoms with Crippen molar-refractivity contribution in [3.05, 3.63) is 0 Å². The topological polar surface area (TPSA) is 137 Å². The summed E-state index contributed by atoms with van der Waals surface area (Å²) < 4.78 is 10.0. The van der Waals surface area contributed by atoms with Crippen molar-refractivity contribution in [2.75, 3.05) is 52.9 Å². The predicted octanol–water partition coefficient (Wildman–Crippen LogP) is -2.50. The Kier molecular flexibility index (Phi) is 8.86. The molecular weight excluding hydrogens is 272 g/mol. The molecule has 0 aliphatic heterocycles. The zero-order valence-corrected chi connectivity index (χ0v) is 11.6. The zero-order chi connectivity index (χ0) is 15.6. The summed E-state index contributed by atoms with van der Waals surface area (Å²) in [5, 5.41) is 46.0. The zero-order valence-electron chi connectivity index (χ0n) is 11.6. The molecule has 0 unspecified atom stereocenters. The van der Waals surface area contributed by atoms with Gasteiger partial charge in [-0.2, -0.15) is 0 Å². The molecule has 8 nitrogen and oxygen atoms in total. The predicted molar refractivity (Wildman–Crippen MR) is 67.7 cm³/mol. The molecule has 0 fully saturated rings. The molecule has 20 heavy (non-hydrogen) atoms. The van der Waals surface area contributed by atoms with E-state index >= 15 is 0 Å². The van der Waals surface area contributed by atoms with E-state index in [-0.39, 0.29) is 19.8 Å². The minimum Gasteiger partial charge on any atom is -0.465 e. The minimum atomic E-state index is -1.20. The molecule has 0 saturated carbocycles. The number of carbonyl (C=O) groups excluding carboxylic acids is 1. The molecule has 0 atom stereocenters. The number of hydrogen-bond donors (Lipinski definition) is 5. The minimum absolute atomic E-state index is 0.158. The molecule has 5 N–H and O–H groups in total. The smallest absolute Gasteiger partial charge is 0.302 e. The van der Waals surface area contributed by atoms with Crippen LogP contribution in [0.15, 0.2) is 0 Å². The van der Waals surface area contributed by atoms with E-state index in [0.29, 0.717) is 0 Å². The molecule has 0 spiro atoms. The van der Waals surface area contributed by atoms with E-state index in [1.54, 1.807) is 0 Å². The third-order valence-electron chi connectivity index (χ3n) is 3.08. The maximum Gasteiger partial charge on any atom is 0.302 e. The van der Waals surface area contributed by atoms with Crippen LogP contribution in [0, 0.1) is 10.8 Å². The first-order chi connectivity index (χ1) is 9.43. The average Bonchev–Trinajstić information content (AvgIpc) is 2.48. The van der Waals surface area contributed by atoms with Crippen LogP contribution in [0.1, 0.15) is 6.92 Å².